The molecule has 0 aliphatic carbocycles. The van der Waals surface area contributed by atoms with Crippen LogP contribution in [0.4, 0.5) is 0 Å². The second-order valence-corrected chi connectivity index (χ2v) is 4.19. The quantitative estimate of drug-likeness (QED) is 0.850. The fourth-order valence-corrected chi connectivity index (χ4v) is 2.00. The van der Waals surface area contributed by atoms with Gasteiger partial charge in [-0.05, 0) is 24.1 Å². The van der Waals surface area contributed by atoms with Gasteiger partial charge in [-0.3, -0.25) is 9.59 Å². The first-order valence-corrected chi connectivity index (χ1v) is 5.79. The number of benzene rings is 1. The molecule has 0 aromatic heterocycles. The lowest BCUT2D eigenvalue weighted by Crippen LogP contribution is -2.24. The van der Waals surface area contributed by atoms with E-state index in [1.165, 1.54) is 0 Å². The van der Waals surface area contributed by atoms with Crippen LogP contribution in [0.2, 0.25) is 0 Å². The van der Waals surface area contributed by atoms with Crippen LogP contribution in [-0.4, -0.2) is 30.3 Å². The Labute approximate surface area is 101 Å². The summed E-state index contributed by atoms with van der Waals surface area (Å²) in [6.45, 7) is 1.49. The van der Waals surface area contributed by atoms with Gasteiger partial charge >= 0.3 is 0 Å². The summed E-state index contributed by atoms with van der Waals surface area (Å²) in [5, 5.41) is 2.58. The molecule has 1 aromatic carbocycles. The third kappa shape index (κ3) is 2.64. The standard InChI is InChI=1S/C13H16N2O2/c1-14-13(17)11-6-4-10(5-7-11)9-15-8-2-3-12(15)16/h4-7H,2-3,8-9H2,1H3,(H,14,17). The second kappa shape index (κ2) is 4.99. The van der Waals surface area contributed by atoms with Gasteiger partial charge in [-0.1, -0.05) is 12.1 Å². The van der Waals surface area contributed by atoms with Gasteiger partial charge in [0.2, 0.25) is 5.91 Å². The van der Waals surface area contributed by atoms with E-state index in [-0.39, 0.29) is 11.8 Å². The Hall–Kier alpha value is -1.84. The minimum Gasteiger partial charge on any atom is -0.355 e. The molecule has 1 N–H and O–H groups in total. The van der Waals surface area contributed by atoms with Gasteiger partial charge in [-0.15, -0.1) is 0 Å². The third-order valence-electron chi connectivity index (χ3n) is 2.99. The Balaban J connectivity index is 2.03. The summed E-state index contributed by atoms with van der Waals surface area (Å²) in [4.78, 5) is 24.7. The zero-order valence-corrected chi connectivity index (χ0v) is 9.90. The summed E-state index contributed by atoms with van der Waals surface area (Å²) < 4.78 is 0. The Morgan fingerprint density at radius 2 is 2.06 bits per heavy atom. The maximum atomic E-state index is 11.5. The van der Waals surface area contributed by atoms with Crippen LogP contribution in [0, 0.1) is 0 Å². The van der Waals surface area contributed by atoms with Crippen LogP contribution in [-0.2, 0) is 11.3 Å². The molecular formula is C13H16N2O2. The average Bonchev–Trinajstić information content (AvgIpc) is 2.75. The molecule has 1 saturated heterocycles. The zero-order chi connectivity index (χ0) is 12.3. The Morgan fingerprint density at radius 3 is 2.59 bits per heavy atom. The van der Waals surface area contributed by atoms with E-state index in [4.69, 9.17) is 0 Å². The van der Waals surface area contributed by atoms with Crippen molar-refractivity contribution in [3.63, 3.8) is 0 Å². The monoisotopic (exact) mass is 232 g/mol. The molecule has 0 unspecified atom stereocenters. The van der Waals surface area contributed by atoms with E-state index in [1.54, 1.807) is 19.2 Å². The molecule has 1 fully saturated rings. The smallest absolute Gasteiger partial charge is 0.251 e. The van der Waals surface area contributed by atoms with Crippen molar-refractivity contribution < 1.29 is 9.59 Å². The topological polar surface area (TPSA) is 49.4 Å². The molecule has 4 heteroatoms. The third-order valence-corrected chi connectivity index (χ3v) is 2.99. The molecule has 2 amide bonds. The first-order valence-electron chi connectivity index (χ1n) is 5.79. The lowest BCUT2D eigenvalue weighted by atomic mass is 10.1. The van der Waals surface area contributed by atoms with Crippen LogP contribution in [0.3, 0.4) is 0 Å². The van der Waals surface area contributed by atoms with Gasteiger partial charge in [0.05, 0.1) is 0 Å². The Kier molecular flexibility index (Phi) is 3.42. The maximum absolute atomic E-state index is 11.5. The number of likely N-dealkylation sites (tertiary alicyclic amines) is 1. The number of hydrogen-bond acceptors (Lipinski definition) is 2. The average molecular weight is 232 g/mol. The highest BCUT2D eigenvalue weighted by Crippen LogP contribution is 2.14. The highest BCUT2D eigenvalue weighted by atomic mass is 16.2. The van der Waals surface area contributed by atoms with E-state index in [1.807, 2.05) is 17.0 Å². The van der Waals surface area contributed by atoms with Gasteiger partial charge in [0.25, 0.3) is 5.91 Å². The highest BCUT2D eigenvalue weighted by molar-refractivity contribution is 5.93. The summed E-state index contributed by atoms with van der Waals surface area (Å²) in [6, 6.07) is 7.37. The molecule has 0 atom stereocenters. The lowest BCUT2D eigenvalue weighted by molar-refractivity contribution is -0.128. The molecule has 1 aromatic rings. The SMILES string of the molecule is CNC(=O)c1ccc(CN2CCCC2=O)cc1. The van der Waals surface area contributed by atoms with E-state index >= 15 is 0 Å². The van der Waals surface area contributed by atoms with Gasteiger partial charge in [-0.25, -0.2) is 0 Å². The van der Waals surface area contributed by atoms with Crippen molar-refractivity contribution in [3.05, 3.63) is 35.4 Å². The van der Waals surface area contributed by atoms with Crippen molar-refractivity contribution in [1.82, 2.24) is 10.2 Å². The number of rotatable bonds is 3. The van der Waals surface area contributed by atoms with E-state index in [2.05, 4.69) is 5.32 Å². The molecule has 0 bridgehead atoms. The first-order chi connectivity index (χ1) is 8.20. The summed E-state index contributed by atoms with van der Waals surface area (Å²) in [7, 11) is 1.61. The van der Waals surface area contributed by atoms with Crippen LogP contribution in [0.5, 0.6) is 0 Å². The molecule has 1 aliphatic heterocycles. The number of carbonyl (C=O) groups excluding carboxylic acids is 2. The Morgan fingerprint density at radius 1 is 1.35 bits per heavy atom. The highest BCUT2D eigenvalue weighted by Gasteiger charge is 2.19. The van der Waals surface area contributed by atoms with Gasteiger partial charge in [0.1, 0.15) is 0 Å². The van der Waals surface area contributed by atoms with Crippen molar-refractivity contribution in [1.29, 1.82) is 0 Å². The van der Waals surface area contributed by atoms with E-state index in [9.17, 15) is 9.59 Å². The van der Waals surface area contributed by atoms with Crippen LogP contribution in [0.25, 0.3) is 0 Å². The predicted molar refractivity (Wildman–Crippen MR) is 64.5 cm³/mol. The second-order valence-electron chi connectivity index (χ2n) is 4.19. The molecule has 0 saturated carbocycles. The van der Waals surface area contributed by atoms with Crippen molar-refractivity contribution in [2.75, 3.05) is 13.6 Å². The van der Waals surface area contributed by atoms with Crippen molar-refractivity contribution in [2.45, 2.75) is 19.4 Å². The summed E-state index contributed by atoms with van der Waals surface area (Å²) in [5.41, 5.74) is 1.71. The molecule has 4 nitrogen and oxygen atoms in total. The minimum absolute atomic E-state index is 0.0891. The van der Waals surface area contributed by atoms with Crippen LogP contribution in [0.1, 0.15) is 28.8 Å². The van der Waals surface area contributed by atoms with Gasteiger partial charge in [-0.2, -0.15) is 0 Å². The fraction of sp³-hybridized carbons (Fsp3) is 0.385. The number of amides is 2. The van der Waals surface area contributed by atoms with E-state index < -0.39 is 0 Å². The van der Waals surface area contributed by atoms with Crippen LogP contribution < -0.4 is 5.32 Å². The molecule has 2 rings (SSSR count). The summed E-state index contributed by atoms with van der Waals surface area (Å²) in [5.74, 6) is 0.133. The Bertz CT molecular complexity index is 426. The normalized spacial score (nSPS) is 15.1. The molecule has 1 aliphatic rings. The van der Waals surface area contributed by atoms with E-state index in [0.29, 0.717) is 18.5 Å². The minimum atomic E-state index is -0.0891. The van der Waals surface area contributed by atoms with Crippen molar-refractivity contribution in [2.24, 2.45) is 0 Å². The van der Waals surface area contributed by atoms with Crippen LogP contribution in [0.15, 0.2) is 24.3 Å². The molecule has 90 valence electrons. The lowest BCUT2D eigenvalue weighted by Gasteiger charge is -2.15. The number of nitrogens with one attached hydrogen (secondary N) is 1. The first kappa shape index (κ1) is 11.6. The van der Waals surface area contributed by atoms with E-state index in [0.717, 1.165) is 18.5 Å². The summed E-state index contributed by atoms with van der Waals surface area (Å²) in [6.07, 6.45) is 1.62. The zero-order valence-electron chi connectivity index (χ0n) is 9.90. The van der Waals surface area contributed by atoms with Gasteiger partial charge in [0, 0.05) is 32.1 Å². The van der Waals surface area contributed by atoms with Gasteiger partial charge in [0.15, 0.2) is 0 Å². The summed E-state index contributed by atoms with van der Waals surface area (Å²) >= 11 is 0. The molecule has 1 heterocycles. The maximum Gasteiger partial charge on any atom is 0.251 e. The van der Waals surface area contributed by atoms with Crippen LogP contribution >= 0.6 is 0 Å². The fourth-order valence-electron chi connectivity index (χ4n) is 2.00. The predicted octanol–water partition coefficient (Wildman–Crippen LogP) is 1.17. The van der Waals surface area contributed by atoms with Crippen molar-refractivity contribution in [3.8, 4) is 0 Å². The molecular weight excluding hydrogens is 216 g/mol. The van der Waals surface area contributed by atoms with Gasteiger partial charge < -0.3 is 10.2 Å². The molecule has 17 heavy (non-hydrogen) atoms. The number of carbonyl (C=O) groups is 2. The number of nitrogens with zero attached hydrogens (tertiary/aromatic N) is 1. The number of hydrogen-bond donors (Lipinski definition) is 1. The molecule has 0 spiro atoms. The molecule has 0 radical (unpaired) electrons. The largest absolute Gasteiger partial charge is 0.355 e. The van der Waals surface area contributed by atoms with Crippen molar-refractivity contribution >= 4 is 11.8 Å².